The number of Topliss-reactive ketones (excluding diaryl/α,β-unsaturated/α-hetero) is 1. The van der Waals surface area contributed by atoms with Crippen LogP contribution in [0.25, 0.3) is 6.08 Å². The van der Waals surface area contributed by atoms with E-state index >= 15 is 0 Å². The summed E-state index contributed by atoms with van der Waals surface area (Å²) in [6, 6.07) is 3.53. The minimum absolute atomic E-state index is 0.184. The van der Waals surface area contributed by atoms with Crippen molar-refractivity contribution in [2.45, 2.75) is 0 Å². The second-order valence-corrected chi connectivity index (χ2v) is 7.67. The largest absolute Gasteiger partial charge is 0.871 e. The van der Waals surface area contributed by atoms with E-state index in [9.17, 15) is 9.90 Å². The molecule has 110 valence electrons. The molecule has 0 saturated heterocycles. The molecule has 1 aliphatic carbocycles. The molecule has 0 radical (unpaired) electrons. The van der Waals surface area contributed by atoms with Gasteiger partial charge in [0.25, 0.3) is 4.34 Å². The molecular weight excluding hydrogens is 359 g/mol. The van der Waals surface area contributed by atoms with Crippen LogP contribution in [-0.2, 0) is 4.79 Å². The number of hydrogen-bond acceptors (Lipinski definition) is 3. The number of thioether (sulfide) groups is 1. The Morgan fingerprint density at radius 3 is 2.77 bits per heavy atom. The van der Waals surface area contributed by atoms with Gasteiger partial charge in [0, 0.05) is 23.3 Å². The topological polar surface area (TPSA) is 40.1 Å². The summed E-state index contributed by atoms with van der Waals surface area (Å²) in [5.74, 6) is -0.505. The smallest absolute Gasteiger partial charge is 0.298 e. The maximum atomic E-state index is 12.1. The summed E-state index contributed by atoms with van der Waals surface area (Å²) in [5.41, 5.74) is 1.85. The van der Waals surface area contributed by atoms with E-state index in [0.29, 0.717) is 8.70 Å². The van der Waals surface area contributed by atoms with Gasteiger partial charge in [0.05, 0.1) is 4.36 Å². The molecule has 2 aliphatic rings. The predicted molar refractivity (Wildman–Crippen MR) is 92.5 cm³/mol. The van der Waals surface area contributed by atoms with E-state index in [1.165, 1.54) is 23.1 Å². The highest BCUT2D eigenvalue weighted by molar-refractivity contribution is 8.07. The first-order valence-corrected chi connectivity index (χ1v) is 8.73. The van der Waals surface area contributed by atoms with Crippen LogP contribution < -0.4 is 5.11 Å². The van der Waals surface area contributed by atoms with E-state index in [1.54, 1.807) is 24.3 Å². The van der Waals surface area contributed by atoms with E-state index < -0.39 is 0 Å². The Hall–Kier alpha value is -1.33. The number of halogens is 2. The first kappa shape index (κ1) is 15.6. The second kappa shape index (κ2) is 6.42. The normalized spacial score (nSPS) is 21.4. The van der Waals surface area contributed by atoms with Crippen LogP contribution in [-0.4, -0.2) is 5.78 Å². The first-order chi connectivity index (χ1) is 10.5. The molecular formula is C16H8Cl2O2S2. The number of carbonyl (C=O) groups is 1. The van der Waals surface area contributed by atoms with E-state index in [-0.39, 0.29) is 22.7 Å². The average Bonchev–Trinajstić information content (AvgIpc) is 2.50. The van der Waals surface area contributed by atoms with Crippen LogP contribution in [0.4, 0.5) is 0 Å². The lowest BCUT2D eigenvalue weighted by atomic mass is 9.85. The zero-order valence-electron chi connectivity index (χ0n) is 11.0. The average molecular weight is 367 g/mol. The van der Waals surface area contributed by atoms with Crippen molar-refractivity contribution in [3.8, 4) is 0 Å². The Bertz CT molecular complexity index is 817. The highest BCUT2D eigenvalue weighted by Gasteiger charge is 2.25. The fourth-order valence-electron chi connectivity index (χ4n) is 1.99. The molecule has 0 N–H and O–H groups in total. The van der Waals surface area contributed by atoms with Crippen LogP contribution in [0.2, 0.25) is 4.34 Å². The molecule has 22 heavy (non-hydrogen) atoms. The Labute approximate surface area is 145 Å². The number of carbonyl (C=O) groups excluding carboxylic acids is 1. The van der Waals surface area contributed by atoms with Gasteiger partial charge in [0.15, 0.2) is 11.2 Å². The van der Waals surface area contributed by atoms with E-state index in [1.807, 2.05) is 22.9 Å². The van der Waals surface area contributed by atoms with Crippen molar-refractivity contribution < 1.29 is 9.90 Å². The van der Waals surface area contributed by atoms with Crippen LogP contribution >= 0.6 is 46.3 Å². The third-order valence-electron chi connectivity index (χ3n) is 3.04. The quantitative estimate of drug-likeness (QED) is 0.570. The highest BCUT2D eigenvalue weighted by atomic mass is 35.5. The standard InChI is InChI=1S/C16H8Cl2O2S2/c17-13-7-9(1-3-21-13)5-11-15(19)12(16(11)20)6-10-2-4-22-14(18)8-10/h1-8H. The van der Waals surface area contributed by atoms with Crippen molar-refractivity contribution in [2.24, 2.45) is 0 Å². The molecule has 2 nitrogen and oxygen atoms in total. The molecule has 1 aromatic rings. The molecule has 2 heterocycles. The van der Waals surface area contributed by atoms with Crippen LogP contribution in [0, 0.1) is 0 Å². The van der Waals surface area contributed by atoms with Crippen LogP contribution in [0.15, 0.2) is 68.0 Å². The molecule has 1 aromatic heterocycles. The van der Waals surface area contributed by atoms with Crippen molar-refractivity contribution >= 4 is 58.2 Å². The fraction of sp³-hybridized carbons (Fsp3) is 0. The van der Waals surface area contributed by atoms with Gasteiger partial charge in [-0.3, -0.25) is 4.79 Å². The zero-order valence-corrected chi connectivity index (χ0v) is 14.2. The minimum atomic E-state index is -0.253. The molecule has 0 fully saturated rings. The summed E-state index contributed by atoms with van der Waals surface area (Å²) in [5, 5.41) is 15.8. The lowest BCUT2D eigenvalue weighted by Crippen LogP contribution is -2.29. The molecule has 0 aromatic carbocycles. The summed E-state index contributed by atoms with van der Waals surface area (Å²) >= 11 is 14.6. The van der Waals surface area contributed by atoms with Crippen LogP contribution in [0.5, 0.6) is 0 Å². The van der Waals surface area contributed by atoms with E-state index in [4.69, 9.17) is 23.2 Å². The summed E-state index contributed by atoms with van der Waals surface area (Å²) in [6.45, 7) is 0. The number of rotatable bonds is 2. The molecule has 6 heteroatoms. The summed E-state index contributed by atoms with van der Waals surface area (Å²) < 4.78 is 1.20. The van der Waals surface area contributed by atoms with Crippen molar-refractivity contribution in [2.75, 3.05) is 0 Å². The SMILES string of the molecule is O=C1C(=Cc2cc[s+]c(Cl)c2)C([O-])=C1C=C1C=CSC(Cl)=C1. The number of ketones is 1. The van der Waals surface area contributed by atoms with Gasteiger partial charge >= 0.3 is 0 Å². The van der Waals surface area contributed by atoms with Crippen molar-refractivity contribution in [1.82, 2.24) is 0 Å². The second-order valence-electron chi connectivity index (χ2n) is 4.51. The maximum absolute atomic E-state index is 12.1. The van der Waals surface area contributed by atoms with Gasteiger partial charge in [0.1, 0.15) is 0 Å². The van der Waals surface area contributed by atoms with E-state index in [2.05, 4.69) is 0 Å². The number of allylic oxidation sites excluding steroid dienone is 6. The van der Waals surface area contributed by atoms with Gasteiger partial charge in [-0.05, 0) is 52.4 Å². The molecule has 0 unspecified atom stereocenters. The zero-order chi connectivity index (χ0) is 15.7. The Morgan fingerprint density at radius 2 is 2.09 bits per heavy atom. The van der Waals surface area contributed by atoms with Crippen LogP contribution in [0.3, 0.4) is 0 Å². The van der Waals surface area contributed by atoms with E-state index in [0.717, 1.165) is 11.1 Å². The van der Waals surface area contributed by atoms with Crippen LogP contribution in [0.1, 0.15) is 5.56 Å². The first-order valence-electron chi connectivity index (χ1n) is 6.22. The lowest BCUT2D eigenvalue weighted by molar-refractivity contribution is -0.300. The molecule has 0 atom stereocenters. The third-order valence-corrected chi connectivity index (χ3v) is 5.03. The van der Waals surface area contributed by atoms with Crippen molar-refractivity contribution in [3.63, 3.8) is 0 Å². The van der Waals surface area contributed by atoms with Gasteiger partial charge in [-0.25, -0.2) is 0 Å². The summed E-state index contributed by atoms with van der Waals surface area (Å²) in [7, 11) is 0. The molecule has 3 rings (SSSR count). The Balaban J connectivity index is 1.91. The summed E-state index contributed by atoms with van der Waals surface area (Å²) in [6.07, 6.45) is 6.67. The highest BCUT2D eigenvalue weighted by Crippen LogP contribution is 2.33. The lowest BCUT2D eigenvalue weighted by Gasteiger charge is -2.29. The Morgan fingerprint density at radius 1 is 1.27 bits per heavy atom. The van der Waals surface area contributed by atoms with Gasteiger partial charge in [-0.1, -0.05) is 29.1 Å². The monoisotopic (exact) mass is 366 g/mol. The van der Waals surface area contributed by atoms with Gasteiger partial charge < -0.3 is 5.11 Å². The van der Waals surface area contributed by atoms with Crippen molar-refractivity contribution in [3.05, 3.63) is 77.9 Å². The molecule has 0 amide bonds. The fourth-order valence-corrected chi connectivity index (χ4v) is 3.67. The Kier molecular flexibility index (Phi) is 4.54. The minimum Gasteiger partial charge on any atom is -0.871 e. The maximum Gasteiger partial charge on any atom is 0.298 e. The van der Waals surface area contributed by atoms with Gasteiger partial charge in [0.2, 0.25) is 11.3 Å². The summed E-state index contributed by atoms with van der Waals surface area (Å²) in [4.78, 5) is 12.1. The molecule has 0 spiro atoms. The van der Waals surface area contributed by atoms with Gasteiger partial charge in [-0.2, -0.15) is 0 Å². The van der Waals surface area contributed by atoms with Gasteiger partial charge in [-0.15, -0.1) is 0 Å². The molecule has 0 bridgehead atoms. The number of hydrogen-bond donors (Lipinski definition) is 0. The molecule has 0 saturated carbocycles. The molecule has 1 aliphatic heterocycles. The van der Waals surface area contributed by atoms with Crippen molar-refractivity contribution in [1.29, 1.82) is 0 Å². The predicted octanol–water partition coefficient (Wildman–Crippen LogP) is 4.53. The third kappa shape index (κ3) is 3.20.